The predicted molar refractivity (Wildman–Crippen MR) is 43.5 cm³/mol. The number of ether oxygens (including phenoxy) is 2. The van der Waals surface area contributed by atoms with Crippen LogP contribution in [0.5, 0.6) is 0 Å². The van der Waals surface area contributed by atoms with Crippen molar-refractivity contribution in [1.29, 1.82) is 0 Å². The summed E-state index contributed by atoms with van der Waals surface area (Å²) in [5, 5.41) is 0. The number of carbonyl (C=O) groups excluding carboxylic acids is 1. The summed E-state index contributed by atoms with van der Waals surface area (Å²) in [4.78, 5) is 10.5. The Morgan fingerprint density at radius 1 is 1.18 bits per heavy atom. The first-order valence-corrected chi connectivity index (χ1v) is 4.49. The zero-order chi connectivity index (χ0) is 13.7. The highest BCUT2D eigenvalue weighted by Gasteiger charge is 2.57. The maximum Gasteiger partial charge on any atom is 0.508 e. The van der Waals surface area contributed by atoms with Gasteiger partial charge in [-0.1, -0.05) is 6.92 Å². The van der Waals surface area contributed by atoms with Crippen molar-refractivity contribution in [3.63, 3.8) is 0 Å². The normalized spacial score (nSPS) is 14.3. The Kier molecular flexibility index (Phi) is 5.56. The van der Waals surface area contributed by atoms with E-state index in [2.05, 4.69) is 9.47 Å². The van der Waals surface area contributed by atoms with Crippen LogP contribution in [0.1, 0.15) is 13.3 Å². The highest BCUT2D eigenvalue weighted by Crippen LogP contribution is 2.35. The van der Waals surface area contributed by atoms with E-state index in [1.165, 1.54) is 0 Å². The fourth-order valence-corrected chi connectivity index (χ4v) is 0.695. The lowest BCUT2D eigenvalue weighted by Crippen LogP contribution is -2.45. The van der Waals surface area contributed by atoms with E-state index in [9.17, 15) is 31.1 Å². The van der Waals surface area contributed by atoms with Crippen LogP contribution in [0.15, 0.2) is 0 Å². The molecule has 0 fully saturated rings. The SMILES string of the molecule is CCCOC(=O)OCC(F)(F)C(F)C(F)(F)F. The van der Waals surface area contributed by atoms with Crippen molar-refractivity contribution >= 4 is 6.16 Å². The summed E-state index contributed by atoms with van der Waals surface area (Å²) in [6, 6.07) is 0. The minimum absolute atomic E-state index is 0.136. The molecule has 0 amide bonds. The molecule has 17 heavy (non-hydrogen) atoms. The second-order valence-electron chi connectivity index (χ2n) is 3.05. The summed E-state index contributed by atoms with van der Waals surface area (Å²) in [7, 11) is 0. The van der Waals surface area contributed by atoms with Crippen LogP contribution in [0.2, 0.25) is 0 Å². The van der Waals surface area contributed by atoms with E-state index < -0.39 is 31.0 Å². The molecular formula is C8H10F6O3. The second kappa shape index (κ2) is 5.97. The third-order valence-electron chi connectivity index (χ3n) is 1.46. The highest BCUT2D eigenvalue weighted by molar-refractivity contribution is 5.59. The fourth-order valence-electron chi connectivity index (χ4n) is 0.695. The summed E-state index contributed by atoms with van der Waals surface area (Å²) in [5.41, 5.74) is 0. The van der Waals surface area contributed by atoms with Crippen LogP contribution in [-0.2, 0) is 9.47 Å². The summed E-state index contributed by atoms with van der Waals surface area (Å²) in [5.74, 6) is -4.84. The maximum atomic E-state index is 12.6. The zero-order valence-corrected chi connectivity index (χ0v) is 8.69. The Morgan fingerprint density at radius 3 is 2.12 bits per heavy atom. The van der Waals surface area contributed by atoms with Crippen molar-refractivity contribution in [2.45, 2.75) is 31.6 Å². The summed E-state index contributed by atoms with van der Waals surface area (Å²) < 4.78 is 80.2. The van der Waals surface area contributed by atoms with Crippen molar-refractivity contribution in [2.24, 2.45) is 0 Å². The number of rotatable bonds is 5. The lowest BCUT2D eigenvalue weighted by Gasteiger charge is -2.21. The summed E-state index contributed by atoms with van der Waals surface area (Å²) in [6.45, 7) is -0.567. The predicted octanol–water partition coefficient (Wildman–Crippen LogP) is 3.09. The van der Waals surface area contributed by atoms with E-state index in [1.54, 1.807) is 6.92 Å². The van der Waals surface area contributed by atoms with Gasteiger partial charge < -0.3 is 9.47 Å². The molecule has 0 bridgehead atoms. The molecular weight excluding hydrogens is 258 g/mol. The van der Waals surface area contributed by atoms with Crippen LogP contribution in [0.3, 0.4) is 0 Å². The Morgan fingerprint density at radius 2 is 1.71 bits per heavy atom. The molecule has 0 spiro atoms. The van der Waals surface area contributed by atoms with Gasteiger partial charge in [-0.15, -0.1) is 0 Å². The van der Waals surface area contributed by atoms with E-state index in [0.29, 0.717) is 6.42 Å². The number of hydrogen-bond donors (Lipinski definition) is 0. The van der Waals surface area contributed by atoms with Crippen molar-refractivity contribution in [1.82, 2.24) is 0 Å². The molecule has 0 saturated carbocycles. The first-order chi connectivity index (χ1) is 7.61. The monoisotopic (exact) mass is 268 g/mol. The van der Waals surface area contributed by atoms with Crippen molar-refractivity contribution < 1.29 is 40.6 Å². The minimum atomic E-state index is -5.72. The van der Waals surface area contributed by atoms with Gasteiger partial charge in [0.2, 0.25) is 0 Å². The highest BCUT2D eigenvalue weighted by atomic mass is 19.4. The largest absolute Gasteiger partial charge is 0.508 e. The van der Waals surface area contributed by atoms with Gasteiger partial charge in [0.25, 0.3) is 6.17 Å². The molecule has 0 radical (unpaired) electrons. The lowest BCUT2D eigenvalue weighted by molar-refractivity contribution is -0.252. The van der Waals surface area contributed by atoms with E-state index in [1.807, 2.05) is 0 Å². The van der Waals surface area contributed by atoms with Crippen LogP contribution < -0.4 is 0 Å². The van der Waals surface area contributed by atoms with Crippen LogP contribution >= 0.6 is 0 Å². The van der Waals surface area contributed by atoms with Crippen LogP contribution in [0.4, 0.5) is 31.1 Å². The van der Waals surface area contributed by atoms with Crippen molar-refractivity contribution in [3.8, 4) is 0 Å². The number of alkyl halides is 6. The van der Waals surface area contributed by atoms with Gasteiger partial charge in [-0.3, -0.25) is 0 Å². The average Bonchev–Trinajstić information content (AvgIpc) is 2.21. The molecule has 0 saturated heterocycles. The van der Waals surface area contributed by atoms with Gasteiger partial charge in [-0.05, 0) is 6.42 Å². The first-order valence-electron chi connectivity index (χ1n) is 4.49. The molecule has 0 aliphatic carbocycles. The van der Waals surface area contributed by atoms with Gasteiger partial charge in [0.15, 0.2) is 6.61 Å². The molecule has 102 valence electrons. The third kappa shape index (κ3) is 5.64. The lowest BCUT2D eigenvalue weighted by atomic mass is 10.2. The molecule has 0 heterocycles. The van der Waals surface area contributed by atoms with Gasteiger partial charge in [0, 0.05) is 0 Å². The Balaban J connectivity index is 4.22. The van der Waals surface area contributed by atoms with E-state index in [-0.39, 0.29) is 6.61 Å². The molecule has 0 aliphatic rings. The average molecular weight is 268 g/mol. The number of carbonyl (C=O) groups is 1. The van der Waals surface area contributed by atoms with Gasteiger partial charge in [0.1, 0.15) is 0 Å². The van der Waals surface area contributed by atoms with Crippen molar-refractivity contribution in [2.75, 3.05) is 13.2 Å². The van der Waals surface area contributed by atoms with E-state index in [4.69, 9.17) is 0 Å². The molecule has 1 atom stereocenters. The topological polar surface area (TPSA) is 35.5 Å². The minimum Gasteiger partial charge on any atom is -0.434 e. The second-order valence-corrected chi connectivity index (χ2v) is 3.05. The maximum absolute atomic E-state index is 12.6. The molecule has 0 aromatic rings. The van der Waals surface area contributed by atoms with Gasteiger partial charge in [-0.2, -0.15) is 22.0 Å². The molecule has 9 heteroatoms. The van der Waals surface area contributed by atoms with Gasteiger partial charge in [0.05, 0.1) is 6.61 Å². The number of hydrogen-bond acceptors (Lipinski definition) is 3. The van der Waals surface area contributed by atoms with E-state index >= 15 is 0 Å². The molecule has 0 N–H and O–H groups in total. The summed E-state index contributed by atoms with van der Waals surface area (Å²) >= 11 is 0. The molecule has 0 aliphatic heterocycles. The van der Waals surface area contributed by atoms with Crippen LogP contribution in [0, 0.1) is 0 Å². The molecule has 0 aromatic carbocycles. The smallest absolute Gasteiger partial charge is 0.434 e. The van der Waals surface area contributed by atoms with Gasteiger partial charge in [-0.25, -0.2) is 9.18 Å². The molecule has 0 rings (SSSR count). The Labute approximate surface area is 92.7 Å². The molecule has 1 unspecified atom stereocenters. The standard InChI is InChI=1S/C8H10F6O3/c1-2-3-16-6(15)17-4-7(10,11)5(9)8(12,13)14/h5H,2-4H2,1H3. The quantitative estimate of drug-likeness (QED) is 0.567. The van der Waals surface area contributed by atoms with Crippen molar-refractivity contribution in [3.05, 3.63) is 0 Å². The Bertz CT molecular complexity index is 252. The van der Waals surface area contributed by atoms with E-state index in [0.717, 1.165) is 0 Å². The zero-order valence-electron chi connectivity index (χ0n) is 8.69. The molecule has 0 aromatic heterocycles. The van der Waals surface area contributed by atoms with Crippen LogP contribution in [0.25, 0.3) is 0 Å². The Hall–Kier alpha value is -1.15. The van der Waals surface area contributed by atoms with Crippen LogP contribution in [-0.4, -0.2) is 37.6 Å². The first kappa shape index (κ1) is 15.9. The van der Waals surface area contributed by atoms with Gasteiger partial charge >= 0.3 is 18.3 Å². The number of halogens is 6. The fraction of sp³-hybridized carbons (Fsp3) is 0.875. The summed E-state index contributed by atoms with van der Waals surface area (Å²) in [6.07, 6.45) is -11.3. The third-order valence-corrected chi connectivity index (χ3v) is 1.46. The molecule has 3 nitrogen and oxygen atoms in total.